The molecular weight excluding hydrogens is 360 g/mol. The number of methoxy groups -OCH3 is 2. The molecule has 2 heterocycles. The second kappa shape index (κ2) is 6.20. The van der Waals surface area contributed by atoms with Crippen molar-refractivity contribution in [2.24, 2.45) is 0 Å². The summed E-state index contributed by atoms with van der Waals surface area (Å²) in [6.45, 7) is 0. The number of thiophene rings is 2. The molecule has 0 aliphatic heterocycles. The molecule has 4 rings (SSSR count). The molecule has 0 spiro atoms. The fourth-order valence-corrected chi connectivity index (χ4v) is 6.77. The van der Waals surface area contributed by atoms with Gasteiger partial charge in [-0.1, -0.05) is 12.1 Å². The Morgan fingerprint density at radius 1 is 0.792 bits per heavy atom. The molecule has 0 radical (unpaired) electrons. The number of ether oxygens (including phenoxy) is 2. The van der Waals surface area contributed by atoms with Crippen molar-refractivity contribution in [3.8, 4) is 11.5 Å². The molecule has 122 valence electrons. The van der Waals surface area contributed by atoms with E-state index in [9.17, 15) is 4.21 Å². The van der Waals surface area contributed by atoms with Gasteiger partial charge in [0.2, 0.25) is 0 Å². The minimum Gasteiger partial charge on any atom is -0.496 e. The van der Waals surface area contributed by atoms with E-state index >= 15 is 0 Å². The van der Waals surface area contributed by atoms with Crippen molar-refractivity contribution in [2.75, 3.05) is 14.2 Å². The summed E-state index contributed by atoms with van der Waals surface area (Å²) < 4.78 is 27.7. The average Bonchev–Trinajstić information content (AvgIpc) is 3.24. The van der Waals surface area contributed by atoms with Crippen molar-refractivity contribution in [2.45, 2.75) is 8.42 Å². The highest BCUT2D eigenvalue weighted by Gasteiger charge is 2.17. The van der Waals surface area contributed by atoms with E-state index in [1.54, 1.807) is 36.9 Å². The van der Waals surface area contributed by atoms with Crippen LogP contribution < -0.4 is 9.47 Å². The highest BCUT2D eigenvalue weighted by atomic mass is 32.2. The van der Waals surface area contributed by atoms with Crippen molar-refractivity contribution in [1.29, 1.82) is 0 Å². The number of benzene rings is 2. The molecule has 3 nitrogen and oxygen atoms in total. The van der Waals surface area contributed by atoms with Gasteiger partial charge >= 0.3 is 0 Å². The second-order valence-electron chi connectivity index (χ2n) is 5.14. The van der Waals surface area contributed by atoms with Gasteiger partial charge in [0.05, 0.1) is 22.6 Å². The van der Waals surface area contributed by atoms with Crippen LogP contribution in [0.1, 0.15) is 0 Å². The maximum atomic E-state index is 13.0. The smallest absolute Gasteiger partial charge is 0.127 e. The second-order valence-corrected chi connectivity index (χ2v) is 9.25. The summed E-state index contributed by atoms with van der Waals surface area (Å²) in [5.41, 5.74) is 0. The van der Waals surface area contributed by atoms with Gasteiger partial charge in [-0.15, -0.1) is 22.7 Å². The summed E-state index contributed by atoms with van der Waals surface area (Å²) in [6.07, 6.45) is 0. The lowest BCUT2D eigenvalue weighted by Crippen LogP contribution is -1.85. The molecule has 0 amide bonds. The predicted molar refractivity (Wildman–Crippen MR) is 101 cm³/mol. The van der Waals surface area contributed by atoms with Crippen LogP contribution in [0, 0.1) is 0 Å². The van der Waals surface area contributed by atoms with Gasteiger partial charge in [-0.05, 0) is 36.4 Å². The highest BCUT2D eigenvalue weighted by molar-refractivity contribution is 7.89. The largest absolute Gasteiger partial charge is 0.496 e. The third-order valence-electron chi connectivity index (χ3n) is 3.80. The lowest BCUT2D eigenvalue weighted by molar-refractivity contribution is 0.420. The molecule has 0 aliphatic rings. The number of fused-ring (bicyclic) bond motifs is 2. The lowest BCUT2D eigenvalue weighted by Gasteiger charge is -1.99. The maximum Gasteiger partial charge on any atom is 0.127 e. The van der Waals surface area contributed by atoms with Crippen LogP contribution in [0.25, 0.3) is 20.2 Å². The van der Waals surface area contributed by atoms with E-state index in [0.29, 0.717) is 0 Å². The SMILES string of the molecule is COc1cccc2sc(S(=O)c3cc4c(OC)cccc4s3)cc12. The summed E-state index contributed by atoms with van der Waals surface area (Å²) in [7, 11) is 2.10. The first-order valence-electron chi connectivity index (χ1n) is 7.26. The van der Waals surface area contributed by atoms with Gasteiger partial charge < -0.3 is 9.47 Å². The van der Waals surface area contributed by atoms with Crippen LogP contribution in [0.2, 0.25) is 0 Å². The quantitative estimate of drug-likeness (QED) is 0.486. The molecule has 0 fully saturated rings. The normalized spacial score (nSPS) is 11.5. The Balaban J connectivity index is 1.81. The van der Waals surface area contributed by atoms with Gasteiger partial charge in [0.15, 0.2) is 0 Å². The fraction of sp³-hybridized carbons (Fsp3) is 0.111. The van der Waals surface area contributed by atoms with Crippen LogP contribution >= 0.6 is 22.7 Å². The number of hydrogen-bond donors (Lipinski definition) is 0. The van der Waals surface area contributed by atoms with Crippen LogP contribution in [-0.4, -0.2) is 18.4 Å². The van der Waals surface area contributed by atoms with Crippen molar-refractivity contribution in [3.05, 3.63) is 48.5 Å². The number of hydrogen-bond acceptors (Lipinski definition) is 5. The van der Waals surface area contributed by atoms with E-state index in [4.69, 9.17) is 9.47 Å². The maximum absolute atomic E-state index is 13.0. The summed E-state index contributed by atoms with van der Waals surface area (Å²) >= 11 is 3.09. The van der Waals surface area contributed by atoms with Crippen LogP contribution in [-0.2, 0) is 10.8 Å². The molecule has 24 heavy (non-hydrogen) atoms. The Kier molecular flexibility index (Phi) is 4.04. The molecule has 0 atom stereocenters. The molecule has 0 N–H and O–H groups in total. The Morgan fingerprint density at radius 2 is 1.25 bits per heavy atom. The van der Waals surface area contributed by atoms with Gasteiger partial charge in [-0.2, -0.15) is 0 Å². The Labute approximate surface area is 149 Å². The molecular formula is C18H14O3S3. The van der Waals surface area contributed by atoms with Crippen LogP contribution in [0.3, 0.4) is 0 Å². The van der Waals surface area contributed by atoms with E-state index in [1.165, 1.54) is 0 Å². The monoisotopic (exact) mass is 374 g/mol. The average molecular weight is 375 g/mol. The zero-order valence-electron chi connectivity index (χ0n) is 13.1. The van der Waals surface area contributed by atoms with Gasteiger partial charge in [0.25, 0.3) is 0 Å². The van der Waals surface area contributed by atoms with Crippen LogP contribution in [0.4, 0.5) is 0 Å². The zero-order valence-corrected chi connectivity index (χ0v) is 15.5. The van der Waals surface area contributed by atoms with E-state index in [-0.39, 0.29) is 0 Å². The van der Waals surface area contributed by atoms with Crippen LogP contribution in [0.5, 0.6) is 11.5 Å². The summed E-state index contributed by atoms with van der Waals surface area (Å²) in [5, 5.41) is 2.01. The molecule has 4 aromatic rings. The third kappa shape index (κ3) is 2.51. The summed E-state index contributed by atoms with van der Waals surface area (Å²) in [6, 6.07) is 15.7. The van der Waals surface area contributed by atoms with E-state index in [0.717, 1.165) is 40.1 Å². The van der Waals surface area contributed by atoms with Gasteiger partial charge in [0.1, 0.15) is 22.3 Å². The van der Waals surface area contributed by atoms with Gasteiger partial charge in [-0.25, -0.2) is 4.21 Å². The van der Waals surface area contributed by atoms with E-state index in [2.05, 4.69) is 0 Å². The molecule has 0 aliphatic carbocycles. The summed E-state index contributed by atoms with van der Waals surface area (Å²) in [4.78, 5) is 0. The van der Waals surface area contributed by atoms with Crippen LogP contribution in [0.15, 0.2) is 56.9 Å². The van der Waals surface area contributed by atoms with Crippen molar-refractivity contribution >= 4 is 53.6 Å². The fourth-order valence-electron chi connectivity index (χ4n) is 2.66. The minimum atomic E-state index is -1.21. The molecule has 0 saturated carbocycles. The van der Waals surface area contributed by atoms with E-state index in [1.807, 2.05) is 48.5 Å². The van der Waals surface area contributed by atoms with Crippen molar-refractivity contribution < 1.29 is 13.7 Å². The Hall–Kier alpha value is -1.89. The molecule has 6 heteroatoms. The van der Waals surface area contributed by atoms with E-state index < -0.39 is 10.8 Å². The summed E-state index contributed by atoms with van der Waals surface area (Å²) in [5.74, 6) is 1.62. The molecule has 0 saturated heterocycles. The highest BCUT2D eigenvalue weighted by Crippen LogP contribution is 2.39. The Morgan fingerprint density at radius 3 is 1.67 bits per heavy atom. The molecule has 0 bridgehead atoms. The standard InChI is InChI=1S/C18H14O3S3/c1-20-13-5-3-7-15-11(13)9-17(22-15)24(19)18-10-12-14(21-2)6-4-8-16(12)23-18/h3-10H,1-2H3. The first-order valence-corrected chi connectivity index (χ1v) is 10.0. The van der Waals surface area contributed by atoms with Crippen molar-refractivity contribution in [3.63, 3.8) is 0 Å². The topological polar surface area (TPSA) is 35.5 Å². The minimum absolute atomic E-state index is 0.810. The molecule has 0 unspecified atom stereocenters. The first kappa shape index (κ1) is 15.6. The molecule has 2 aromatic heterocycles. The Bertz CT molecular complexity index is 978. The van der Waals surface area contributed by atoms with Crippen molar-refractivity contribution in [1.82, 2.24) is 0 Å². The van der Waals surface area contributed by atoms with Gasteiger partial charge in [-0.3, -0.25) is 0 Å². The number of rotatable bonds is 4. The first-order chi connectivity index (χ1) is 11.7. The lowest BCUT2D eigenvalue weighted by atomic mass is 10.2. The van der Waals surface area contributed by atoms with Gasteiger partial charge in [0, 0.05) is 20.2 Å². The predicted octanol–water partition coefficient (Wildman–Crippen LogP) is 5.30. The third-order valence-corrected chi connectivity index (χ3v) is 7.97. The zero-order chi connectivity index (χ0) is 16.7. The molecule has 2 aromatic carbocycles.